The molecule has 122 valence electrons. The standard InChI is InChI=1S/C18H26N2O.ClH/c19-16-11-5-10-15(12-16)18(21)20-17(14-8-4-9-14)13-6-2-1-3-7-13;/h1-3,6-7,14-17H,4-5,8-12,19H2,(H,20,21);1H. The molecule has 3 unspecified atom stereocenters. The summed E-state index contributed by atoms with van der Waals surface area (Å²) in [7, 11) is 0. The van der Waals surface area contributed by atoms with E-state index in [1.165, 1.54) is 24.8 Å². The fraction of sp³-hybridized carbons (Fsp3) is 0.611. The summed E-state index contributed by atoms with van der Waals surface area (Å²) in [6, 6.07) is 10.8. The maximum Gasteiger partial charge on any atom is 0.223 e. The SMILES string of the molecule is Cl.NC1CCCC(C(=O)NC(c2ccccc2)C2CCC2)C1. The smallest absolute Gasteiger partial charge is 0.223 e. The van der Waals surface area contributed by atoms with E-state index >= 15 is 0 Å². The number of carbonyl (C=O) groups is 1. The zero-order chi connectivity index (χ0) is 14.7. The summed E-state index contributed by atoms with van der Waals surface area (Å²) in [5.41, 5.74) is 7.27. The van der Waals surface area contributed by atoms with Crippen molar-refractivity contribution < 1.29 is 4.79 Å². The molecule has 4 heteroatoms. The van der Waals surface area contributed by atoms with E-state index in [0.29, 0.717) is 5.92 Å². The number of benzene rings is 1. The molecule has 0 heterocycles. The van der Waals surface area contributed by atoms with Crippen molar-refractivity contribution in [3.63, 3.8) is 0 Å². The molecule has 3 nitrogen and oxygen atoms in total. The summed E-state index contributed by atoms with van der Waals surface area (Å²) in [5, 5.41) is 3.33. The Labute approximate surface area is 139 Å². The first kappa shape index (κ1) is 17.3. The lowest BCUT2D eigenvalue weighted by atomic mass is 9.76. The topological polar surface area (TPSA) is 55.1 Å². The molecule has 2 fully saturated rings. The van der Waals surface area contributed by atoms with Gasteiger partial charge in [0.1, 0.15) is 0 Å². The van der Waals surface area contributed by atoms with E-state index in [4.69, 9.17) is 5.73 Å². The Morgan fingerprint density at radius 3 is 2.36 bits per heavy atom. The molecule has 2 saturated carbocycles. The zero-order valence-electron chi connectivity index (χ0n) is 13.0. The summed E-state index contributed by atoms with van der Waals surface area (Å²) < 4.78 is 0. The van der Waals surface area contributed by atoms with Crippen molar-refractivity contribution >= 4 is 18.3 Å². The number of nitrogens with two attached hydrogens (primary N) is 1. The maximum absolute atomic E-state index is 12.6. The highest BCUT2D eigenvalue weighted by Gasteiger charge is 2.32. The second-order valence-electron chi connectivity index (χ2n) is 6.71. The maximum atomic E-state index is 12.6. The number of rotatable bonds is 4. The predicted octanol–water partition coefficient (Wildman–Crippen LogP) is 3.58. The Morgan fingerprint density at radius 1 is 1.09 bits per heavy atom. The van der Waals surface area contributed by atoms with Crippen molar-refractivity contribution in [2.45, 2.75) is 57.0 Å². The van der Waals surface area contributed by atoms with E-state index < -0.39 is 0 Å². The molecule has 3 N–H and O–H groups in total. The molecule has 2 aliphatic rings. The summed E-state index contributed by atoms with van der Waals surface area (Å²) in [6.07, 6.45) is 7.73. The van der Waals surface area contributed by atoms with Crippen LogP contribution < -0.4 is 11.1 Å². The van der Waals surface area contributed by atoms with Gasteiger partial charge in [0.25, 0.3) is 0 Å². The van der Waals surface area contributed by atoms with E-state index in [0.717, 1.165) is 25.7 Å². The van der Waals surface area contributed by atoms with Crippen molar-refractivity contribution in [2.24, 2.45) is 17.6 Å². The van der Waals surface area contributed by atoms with Gasteiger partial charge in [-0.3, -0.25) is 4.79 Å². The van der Waals surface area contributed by atoms with Gasteiger partial charge in [-0.2, -0.15) is 0 Å². The molecule has 0 aliphatic heterocycles. The Balaban J connectivity index is 0.00000176. The molecular weight excluding hydrogens is 296 g/mol. The lowest BCUT2D eigenvalue weighted by Crippen LogP contribution is -2.42. The molecule has 0 spiro atoms. The molecule has 1 aromatic carbocycles. The minimum absolute atomic E-state index is 0. The quantitative estimate of drug-likeness (QED) is 0.890. The Bertz CT molecular complexity index is 475. The molecule has 0 bridgehead atoms. The first-order valence-corrected chi connectivity index (χ1v) is 8.35. The molecule has 22 heavy (non-hydrogen) atoms. The van der Waals surface area contributed by atoms with Crippen molar-refractivity contribution in [3.8, 4) is 0 Å². The van der Waals surface area contributed by atoms with Crippen LogP contribution in [0.4, 0.5) is 0 Å². The van der Waals surface area contributed by atoms with Gasteiger partial charge in [0, 0.05) is 12.0 Å². The number of hydrogen-bond acceptors (Lipinski definition) is 2. The first-order valence-electron chi connectivity index (χ1n) is 8.35. The van der Waals surface area contributed by atoms with E-state index in [1.54, 1.807) is 0 Å². The van der Waals surface area contributed by atoms with Crippen LogP contribution in [0, 0.1) is 11.8 Å². The van der Waals surface area contributed by atoms with Gasteiger partial charge in [-0.15, -0.1) is 12.4 Å². The number of halogens is 1. The molecule has 1 amide bonds. The third kappa shape index (κ3) is 4.02. The third-order valence-corrected chi connectivity index (χ3v) is 5.16. The van der Waals surface area contributed by atoms with Gasteiger partial charge in [0.2, 0.25) is 5.91 Å². The van der Waals surface area contributed by atoms with Gasteiger partial charge in [-0.05, 0) is 43.6 Å². The summed E-state index contributed by atoms with van der Waals surface area (Å²) in [5.74, 6) is 0.930. The minimum atomic E-state index is 0. The summed E-state index contributed by atoms with van der Waals surface area (Å²) >= 11 is 0. The second kappa shape index (κ2) is 7.98. The van der Waals surface area contributed by atoms with E-state index in [9.17, 15) is 4.79 Å². The van der Waals surface area contributed by atoms with Crippen LogP contribution in [-0.4, -0.2) is 11.9 Å². The van der Waals surface area contributed by atoms with Gasteiger partial charge < -0.3 is 11.1 Å². The van der Waals surface area contributed by atoms with E-state index in [-0.39, 0.29) is 36.3 Å². The van der Waals surface area contributed by atoms with Crippen molar-refractivity contribution in [3.05, 3.63) is 35.9 Å². The van der Waals surface area contributed by atoms with Crippen LogP contribution in [0.3, 0.4) is 0 Å². The van der Waals surface area contributed by atoms with Crippen LogP contribution >= 0.6 is 12.4 Å². The fourth-order valence-electron chi connectivity index (χ4n) is 3.64. The lowest BCUT2D eigenvalue weighted by molar-refractivity contribution is -0.127. The normalized spacial score (nSPS) is 26.4. The van der Waals surface area contributed by atoms with Gasteiger partial charge in [-0.1, -0.05) is 43.2 Å². The molecule has 3 atom stereocenters. The van der Waals surface area contributed by atoms with Gasteiger partial charge >= 0.3 is 0 Å². The largest absolute Gasteiger partial charge is 0.349 e. The van der Waals surface area contributed by atoms with Gasteiger partial charge in [0.05, 0.1) is 6.04 Å². The number of amides is 1. The Hall–Kier alpha value is -1.06. The molecule has 3 rings (SSSR count). The zero-order valence-corrected chi connectivity index (χ0v) is 13.9. The van der Waals surface area contributed by atoms with Crippen LogP contribution in [0.25, 0.3) is 0 Å². The van der Waals surface area contributed by atoms with E-state index in [1.807, 2.05) is 6.07 Å². The van der Waals surface area contributed by atoms with Crippen LogP contribution in [0.1, 0.15) is 56.6 Å². The van der Waals surface area contributed by atoms with Crippen LogP contribution in [0.15, 0.2) is 30.3 Å². The average Bonchev–Trinajstić information content (AvgIpc) is 2.45. The molecule has 0 radical (unpaired) electrons. The first-order chi connectivity index (χ1) is 10.2. The molecule has 2 aliphatic carbocycles. The van der Waals surface area contributed by atoms with Crippen LogP contribution in [0.5, 0.6) is 0 Å². The van der Waals surface area contributed by atoms with Crippen molar-refractivity contribution in [2.75, 3.05) is 0 Å². The molecule has 1 aromatic rings. The summed E-state index contributed by atoms with van der Waals surface area (Å²) in [6.45, 7) is 0. The van der Waals surface area contributed by atoms with Crippen molar-refractivity contribution in [1.82, 2.24) is 5.32 Å². The minimum Gasteiger partial charge on any atom is -0.349 e. The molecular formula is C18H27ClN2O. The Morgan fingerprint density at radius 2 is 1.77 bits per heavy atom. The third-order valence-electron chi connectivity index (χ3n) is 5.16. The highest BCUT2D eigenvalue weighted by Crippen LogP contribution is 2.38. The second-order valence-corrected chi connectivity index (χ2v) is 6.71. The fourth-order valence-corrected chi connectivity index (χ4v) is 3.64. The highest BCUT2D eigenvalue weighted by molar-refractivity contribution is 5.85. The van der Waals surface area contributed by atoms with E-state index in [2.05, 4.69) is 29.6 Å². The summed E-state index contributed by atoms with van der Waals surface area (Å²) in [4.78, 5) is 12.6. The molecule has 0 saturated heterocycles. The Kier molecular flexibility index (Phi) is 6.27. The monoisotopic (exact) mass is 322 g/mol. The predicted molar refractivity (Wildman–Crippen MR) is 91.8 cm³/mol. The number of carbonyl (C=O) groups excluding carboxylic acids is 1. The highest BCUT2D eigenvalue weighted by atomic mass is 35.5. The van der Waals surface area contributed by atoms with Crippen molar-refractivity contribution in [1.29, 1.82) is 0 Å². The molecule has 0 aromatic heterocycles. The van der Waals surface area contributed by atoms with Gasteiger partial charge in [0.15, 0.2) is 0 Å². The number of nitrogens with one attached hydrogen (secondary N) is 1. The number of hydrogen-bond donors (Lipinski definition) is 2. The lowest BCUT2D eigenvalue weighted by Gasteiger charge is -2.36. The van der Waals surface area contributed by atoms with Gasteiger partial charge in [-0.25, -0.2) is 0 Å². The van der Waals surface area contributed by atoms with Crippen LogP contribution in [0.2, 0.25) is 0 Å². The van der Waals surface area contributed by atoms with Crippen LogP contribution in [-0.2, 0) is 4.79 Å². The average molecular weight is 323 g/mol.